The van der Waals surface area contributed by atoms with Gasteiger partial charge >= 0.3 is 0 Å². The molecule has 0 aliphatic carbocycles. The lowest BCUT2D eigenvalue weighted by molar-refractivity contribution is 0.103. The molecule has 2 rings (SSSR count). The van der Waals surface area contributed by atoms with Crippen molar-refractivity contribution in [2.45, 2.75) is 0 Å². The monoisotopic (exact) mass is 327 g/mol. The molecule has 0 radical (unpaired) electrons. The van der Waals surface area contributed by atoms with Crippen LogP contribution in [0.2, 0.25) is 5.02 Å². The van der Waals surface area contributed by atoms with Gasteiger partial charge < -0.3 is 5.73 Å². The van der Waals surface area contributed by atoms with Crippen molar-refractivity contribution < 1.29 is 9.18 Å². The van der Waals surface area contributed by atoms with E-state index >= 15 is 0 Å². The van der Waals surface area contributed by atoms with Gasteiger partial charge in [0.05, 0.1) is 10.0 Å². The Bertz CT molecular complexity index is 630. The largest absolute Gasteiger partial charge is 0.398 e. The Hall–Kier alpha value is -1.39. The number of halogens is 3. The molecule has 2 nitrogen and oxygen atoms in total. The second-order valence-corrected chi connectivity index (χ2v) is 4.95. The van der Waals surface area contributed by atoms with Gasteiger partial charge in [0.25, 0.3) is 0 Å². The average molecular weight is 329 g/mol. The van der Waals surface area contributed by atoms with Gasteiger partial charge in [-0.2, -0.15) is 0 Å². The maximum atomic E-state index is 13.8. The highest BCUT2D eigenvalue weighted by Crippen LogP contribution is 2.25. The van der Waals surface area contributed by atoms with Crippen LogP contribution in [0.4, 0.5) is 10.1 Å². The SMILES string of the molecule is Nc1cc(Cl)ccc1C(=O)c1cccc(Br)c1F. The first-order chi connectivity index (χ1) is 8.50. The topological polar surface area (TPSA) is 43.1 Å². The summed E-state index contributed by atoms with van der Waals surface area (Å²) >= 11 is 8.79. The summed E-state index contributed by atoms with van der Waals surface area (Å²) < 4.78 is 14.1. The molecule has 2 aromatic rings. The molecule has 0 atom stereocenters. The lowest BCUT2D eigenvalue weighted by atomic mass is 10.0. The fourth-order valence-electron chi connectivity index (χ4n) is 1.56. The normalized spacial score (nSPS) is 10.4. The quantitative estimate of drug-likeness (QED) is 0.667. The van der Waals surface area contributed by atoms with Crippen LogP contribution >= 0.6 is 27.5 Å². The Morgan fingerprint density at radius 3 is 2.61 bits per heavy atom. The molecule has 0 heterocycles. The first-order valence-electron chi connectivity index (χ1n) is 5.04. The van der Waals surface area contributed by atoms with E-state index in [1.165, 1.54) is 24.3 Å². The number of anilines is 1. The van der Waals surface area contributed by atoms with Gasteiger partial charge in [0.2, 0.25) is 0 Å². The Morgan fingerprint density at radius 1 is 1.22 bits per heavy atom. The molecule has 0 saturated carbocycles. The lowest BCUT2D eigenvalue weighted by Crippen LogP contribution is -2.07. The zero-order chi connectivity index (χ0) is 13.3. The molecule has 0 spiro atoms. The van der Waals surface area contributed by atoms with Crippen LogP contribution in [0.1, 0.15) is 15.9 Å². The van der Waals surface area contributed by atoms with Crippen LogP contribution < -0.4 is 5.73 Å². The van der Waals surface area contributed by atoms with Gasteiger partial charge in [-0.3, -0.25) is 4.79 Å². The molecule has 0 amide bonds. The Morgan fingerprint density at radius 2 is 1.94 bits per heavy atom. The van der Waals surface area contributed by atoms with E-state index in [9.17, 15) is 9.18 Å². The molecule has 18 heavy (non-hydrogen) atoms. The minimum Gasteiger partial charge on any atom is -0.398 e. The zero-order valence-electron chi connectivity index (χ0n) is 9.08. The van der Waals surface area contributed by atoms with Crippen molar-refractivity contribution in [2.24, 2.45) is 0 Å². The van der Waals surface area contributed by atoms with E-state index in [1.807, 2.05) is 0 Å². The van der Waals surface area contributed by atoms with Gasteiger partial charge in [-0.25, -0.2) is 4.39 Å². The van der Waals surface area contributed by atoms with E-state index in [0.717, 1.165) is 0 Å². The third kappa shape index (κ3) is 2.40. The highest BCUT2D eigenvalue weighted by Gasteiger charge is 2.17. The summed E-state index contributed by atoms with van der Waals surface area (Å²) in [6, 6.07) is 9.02. The fourth-order valence-corrected chi connectivity index (χ4v) is 2.11. The molecule has 92 valence electrons. The number of hydrogen-bond acceptors (Lipinski definition) is 2. The third-order valence-corrected chi connectivity index (χ3v) is 3.30. The van der Waals surface area contributed by atoms with Gasteiger partial charge in [-0.05, 0) is 46.3 Å². The minimum absolute atomic E-state index is 0.0293. The van der Waals surface area contributed by atoms with Crippen LogP contribution in [-0.4, -0.2) is 5.78 Å². The van der Waals surface area contributed by atoms with Gasteiger partial charge in [-0.1, -0.05) is 17.7 Å². The van der Waals surface area contributed by atoms with Crippen LogP contribution in [0.5, 0.6) is 0 Å². The number of ketones is 1. The molecule has 0 aliphatic heterocycles. The summed E-state index contributed by atoms with van der Waals surface area (Å²) in [5, 5.41) is 0.429. The number of carbonyl (C=O) groups excluding carboxylic acids is 1. The Labute approximate surface area is 117 Å². The van der Waals surface area contributed by atoms with E-state index in [0.29, 0.717) is 5.02 Å². The summed E-state index contributed by atoms with van der Waals surface area (Å²) in [4.78, 5) is 12.2. The van der Waals surface area contributed by atoms with Crippen LogP contribution in [0.25, 0.3) is 0 Å². The molecule has 0 fully saturated rings. The zero-order valence-corrected chi connectivity index (χ0v) is 11.4. The fraction of sp³-hybridized carbons (Fsp3) is 0. The van der Waals surface area contributed by atoms with Gasteiger partial charge in [0.1, 0.15) is 5.82 Å². The molecular formula is C13H8BrClFNO. The van der Waals surface area contributed by atoms with Crippen molar-refractivity contribution >= 4 is 39.0 Å². The standard InChI is InChI=1S/C13H8BrClFNO/c14-10-3-1-2-9(12(10)16)13(18)8-5-4-7(15)6-11(8)17/h1-6H,17H2. The summed E-state index contributed by atoms with van der Waals surface area (Å²) in [7, 11) is 0. The van der Waals surface area contributed by atoms with Crippen molar-refractivity contribution in [3.63, 3.8) is 0 Å². The Kier molecular flexibility index (Phi) is 3.68. The van der Waals surface area contributed by atoms with Crippen molar-refractivity contribution in [2.75, 3.05) is 5.73 Å². The first kappa shape index (κ1) is 13.1. The lowest BCUT2D eigenvalue weighted by Gasteiger charge is -2.07. The van der Waals surface area contributed by atoms with E-state index in [2.05, 4.69) is 15.9 Å². The number of carbonyl (C=O) groups is 1. The maximum Gasteiger partial charge on any atom is 0.198 e. The average Bonchev–Trinajstić information content (AvgIpc) is 2.32. The van der Waals surface area contributed by atoms with Crippen LogP contribution in [-0.2, 0) is 0 Å². The van der Waals surface area contributed by atoms with Crippen LogP contribution in [0.3, 0.4) is 0 Å². The van der Waals surface area contributed by atoms with E-state index in [-0.39, 0.29) is 21.3 Å². The van der Waals surface area contributed by atoms with Crippen molar-refractivity contribution in [1.82, 2.24) is 0 Å². The molecule has 2 aromatic carbocycles. The summed E-state index contributed by atoms with van der Waals surface area (Å²) in [6.07, 6.45) is 0. The van der Waals surface area contributed by atoms with E-state index in [4.69, 9.17) is 17.3 Å². The molecule has 5 heteroatoms. The summed E-state index contributed by atoms with van der Waals surface area (Å²) in [5.41, 5.74) is 6.14. The molecule has 0 aromatic heterocycles. The number of hydrogen-bond donors (Lipinski definition) is 1. The molecule has 0 unspecified atom stereocenters. The highest BCUT2D eigenvalue weighted by molar-refractivity contribution is 9.10. The van der Waals surface area contributed by atoms with Gasteiger partial charge in [0.15, 0.2) is 5.78 Å². The molecule has 0 saturated heterocycles. The van der Waals surface area contributed by atoms with Crippen LogP contribution in [0.15, 0.2) is 40.9 Å². The van der Waals surface area contributed by atoms with Crippen molar-refractivity contribution in [3.8, 4) is 0 Å². The van der Waals surface area contributed by atoms with Gasteiger partial charge in [0, 0.05) is 16.3 Å². The molecular weight excluding hydrogens is 321 g/mol. The maximum absolute atomic E-state index is 13.8. The van der Waals surface area contributed by atoms with Crippen molar-refractivity contribution in [3.05, 3.63) is 62.8 Å². The third-order valence-electron chi connectivity index (χ3n) is 2.45. The van der Waals surface area contributed by atoms with E-state index in [1.54, 1.807) is 12.1 Å². The smallest absolute Gasteiger partial charge is 0.198 e. The molecule has 0 aliphatic rings. The predicted octanol–water partition coefficient (Wildman–Crippen LogP) is 4.05. The number of nitrogen functional groups attached to an aromatic ring is 1. The van der Waals surface area contributed by atoms with Crippen LogP contribution in [0, 0.1) is 5.82 Å². The predicted molar refractivity (Wildman–Crippen MR) is 73.4 cm³/mol. The van der Waals surface area contributed by atoms with Gasteiger partial charge in [-0.15, -0.1) is 0 Å². The van der Waals surface area contributed by atoms with E-state index < -0.39 is 11.6 Å². The second kappa shape index (κ2) is 5.08. The second-order valence-electron chi connectivity index (χ2n) is 3.66. The summed E-state index contributed by atoms with van der Waals surface area (Å²) in [6.45, 7) is 0. The first-order valence-corrected chi connectivity index (χ1v) is 6.21. The highest BCUT2D eigenvalue weighted by atomic mass is 79.9. The number of rotatable bonds is 2. The number of nitrogens with two attached hydrogens (primary N) is 1. The number of benzene rings is 2. The minimum atomic E-state index is -0.600. The summed E-state index contributed by atoms with van der Waals surface area (Å²) in [5.74, 6) is -1.07. The molecule has 0 bridgehead atoms. The molecule has 2 N–H and O–H groups in total. The van der Waals surface area contributed by atoms with Crippen molar-refractivity contribution in [1.29, 1.82) is 0 Å². The Balaban J connectivity index is 2.51.